The van der Waals surface area contributed by atoms with Crippen LogP contribution >= 0.6 is 23.1 Å². The second-order valence-corrected chi connectivity index (χ2v) is 9.31. The van der Waals surface area contributed by atoms with Gasteiger partial charge in [0.2, 0.25) is 5.91 Å². The minimum Gasteiger partial charge on any atom is -0.493 e. The summed E-state index contributed by atoms with van der Waals surface area (Å²) < 4.78 is 7.92. The number of benzene rings is 1. The van der Waals surface area contributed by atoms with Gasteiger partial charge in [0.1, 0.15) is 11.6 Å². The summed E-state index contributed by atoms with van der Waals surface area (Å²) in [6.07, 6.45) is 3.91. The Kier molecular flexibility index (Phi) is 5.28. The van der Waals surface area contributed by atoms with E-state index in [4.69, 9.17) is 4.74 Å². The molecule has 1 saturated carbocycles. The summed E-state index contributed by atoms with van der Waals surface area (Å²) in [6.45, 7) is 0.622. The van der Waals surface area contributed by atoms with Crippen molar-refractivity contribution in [1.29, 1.82) is 0 Å². The highest BCUT2D eigenvalue weighted by Crippen LogP contribution is 2.39. The van der Waals surface area contributed by atoms with E-state index in [0.717, 1.165) is 48.0 Å². The number of carbonyl (C=O) groups excluding carboxylic acids is 1. The number of ether oxygens (including phenoxy) is 1. The normalized spacial score (nSPS) is 18.1. The number of thioether (sulfide) groups is 1. The zero-order chi connectivity index (χ0) is 19.6. The highest BCUT2D eigenvalue weighted by atomic mass is 32.2. The van der Waals surface area contributed by atoms with Gasteiger partial charge in [0.15, 0.2) is 5.16 Å². The fourth-order valence-electron chi connectivity index (χ4n) is 3.65. The standard InChI is InChI=1S/C21H22N4O2S2/c26-20(22-17-9-10-27-18-6-2-1-5-16(17)18)13-29-21-24-23-19(25(21)14-7-8-14)12-15-4-3-11-28-15/h1-6,11,14,17H,7-10,12-13H2,(H,22,26)/t17-/m1/s1. The van der Waals surface area contributed by atoms with E-state index in [0.29, 0.717) is 18.4 Å². The Bertz CT molecular complexity index is 998. The summed E-state index contributed by atoms with van der Waals surface area (Å²) in [5.74, 6) is 2.21. The van der Waals surface area contributed by atoms with Crippen LogP contribution in [0.25, 0.3) is 0 Å². The van der Waals surface area contributed by atoms with Gasteiger partial charge in [0.05, 0.1) is 18.4 Å². The molecule has 29 heavy (non-hydrogen) atoms. The van der Waals surface area contributed by atoms with Crippen molar-refractivity contribution >= 4 is 29.0 Å². The average Bonchev–Trinajstić information content (AvgIpc) is 3.29. The number of amides is 1. The lowest BCUT2D eigenvalue weighted by Crippen LogP contribution is -2.33. The monoisotopic (exact) mass is 426 g/mol. The van der Waals surface area contributed by atoms with Crippen LogP contribution < -0.4 is 10.1 Å². The zero-order valence-electron chi connectivity index (χ0n) is 15.9. The molecule has 1 fully saturated rings. The number of fused-ring (bicyclic) bond motifs is 1. The van der Waals surface area contributed by atoms with Crippen molar-refractivity contribution in [2.75, 3.05) is 12.4 Å². The van der Waals surface area contributed by atoms with Crippen LogP contribution in [0.3, 0.4) is 0 Å². The Labute approximate surface area is 177 Å². The fourth-order valence-corrected chi connectivity index (χ4v) is 5.19. The Morgan fingerprint density at radius 2 is 2.10 bits per heavy atom. The summed E-state index contributed by atoms with van der Waals surface area (Å²) in [6, 6.07) is 12.6. The van der Waals surface area contributed by atoms with Crippen molar-refractivity contribution < 1.29 is 9.53 Å². The van der Waals surface area contributed by atoms with Gasteiger partial charge in [-0.15, -0.1) is 21.5 Å². The van der Waals surface area contributed by atoms with Gasteiger partial charge in [-0.1, -0.05) is 36.0 Å². The van der Waals surface area contributed by atoms with Crippen molar-refractivity contribution in [3.05, 3.63) is 58.0 Å². The van der Waals surface area contributed by atoms with Gasteiger partial charge in [-0.2, -0.15) is 0 Å². The molecule has 0 bridgehead atoms. The summed E-state index contributed by atoms with van der Waals surface area (Å²) >= 11 is 3.21. The van der Waals surface area contributed by atoms with Crippen LogP contribution in [0.1, 0.15) is 47.6 Å². The lowest BCUT2D eigenvalue weighted by molar-refractivity contribution is -0.119. The highest BCUT2D eigenvalue weighted by Gasteiger charge is 2.30. The smallest absolute Gasteiger partial charge is 0.230 e. The van der Waals surface area contributed by atoms with E-state index >= 15 is 0 Å². The molecule has 5 rings (SSSR count). The van der Waals surface area contributed by atoms with E-state index in [1.165, 1.54) is 16.6 Å². The van der Waals surface area contributed by atoms with Crippen molar-refractivity contribution in [3.8, 4) is 5.75 Å². The lowest BCUT2D eigenvalue weighted by Gasteiger charge is -2.26. The van der Waals surface area contributed by atoms with E-state index in [9.17, 15) is 4.79 Å². The molecular weight excluding hydrogens is 404 g/mol. The third-order valence-electron chi connectivity index (χ3n) is 5.19. The third kappa shape index (κ3) is 4.18. The van der Waals surface area contributed by atoms with E-state index in [2.05, 4.69) is 37.6 Å². The Hall–Kier alpha value is -2.32. The van der Waals surface area contributed by atoms with Crippen LogP contribution in [-0.4, -0.2) is 33.0 Å². The number of nitrogens with one attached hydrogen (secondary N) is 1. The summed E-state index contributed by atoms with van der Waals surface area (Å²) in [4.78, 5) is 13.9. The number of para-hydroxylation sites is 1. The molecule has 1 aromatic carbocycles. The molecular formula is C21H22N4O2S2. The van der Waals surface area contributed by atoms with Gasteiger partial charge in [0, 0.05) is 29.3 Å². The molecule has 6 nitrogen and oxygen atoms in total. The molecule has 1 aliphatic carbocycles. The number of nitrogens with zero attached hydrogens (tertiary/aromatic N) is 3. The molecule has 2 aromatic heterocycles. The predicted molar refractivity (Wildman–Crippen MR) is 114 cm³/mol. The van der Waals surface area contributed by atoms with E-state index in [1.54, 1.807) is 11.3 Å². The minimum atomic E-state index is 0.00346. The molecule has 2 aliphatic rings. The maximum absolute atomic E-state index is 12.6. The van der Waals surface area contributed by atoms with E-state index in [-0.39, 0.29) is 11.9 Å². The third-order valence-corrected chi connectivity index (χ3v) is 7.01. The van der Waals surface area contributed by atoms with Crippen LogP contribution in [0, 0.1) is 0 Å². The van der Waals surface area contributed by atoms with Crippen LogP contribution in [-0.2, 0) is 11.2 Å². The summed E-state index contributed by atoms with van der Waals surface area (Å²) in [5.41, 5.74) is 1.05. The largest absolute Gasteiger partial charge is 0.493 e. The van der Waals surface area contributed by atoms with Gasteiger partial charge < -0.3 is 14.6 Å². The van der Waals surface area contributed by atoms with Crippen LogP contribution in [0.5, 0.6) is 5.75 Å². The van der Waals surface area contributed by atoms with Crippen LogP contribution in [0.4, 0.5) is 0 Å². The first kappa shape index (κ1) is 18.7. The second-order valence-electron chi connectivity index (χ2n) is 7.34. The van der Waals surface area contributed by atoms with E-state index in [1.807, 2.05) is 24.3 Å². The van der Waals surface area contributed by atoms with Gasteiger partial charge in [-0.05, 0) is 30.4 Å². The van der Waals surface area contributed by atoms with Gasteiger partial charge in [0.25, 0.3) is 0 Å². The van der Waals surface area contributed by atoms with Crippen molar-refractivity contribution in [2.24, 2.45) is 0 Å². The average molecular weight is 427 g/mol. The maximum Gasteiger partial charge on any atom is 0.230 e. The highest BCUT2D eigenvalue weighted by molar-refractivity contribution is 7.99. The number of thiophene rings is 1. The fraction of sp³-hybridized carbons (Fsp3) is 0.381. The number of aromatic nitrogens is 3. The minimum absolute atomic E-state index is 0.00346. The molecule has 1 aliphatic heterocycles. The van der Waals surface area contributed by atoms with Crippen molar-refractivity contribution in [2.45, 2.75) is 42.9 Å². The topological polar surface area (TPSA) is 69.0 Å². The summed E-state index contributed by atoms with van der Waals surface area (Å²) in [5, 5.41) is 14.9. The van der Waals surface area contributed by atoms with Crippen molar-refractivity contribution in [3.63, 3.8) is 0 Å². The molecule has 8 heteroatoms. The Morgan fingerprint density at radius 1 is 1.21 bits per heavy atom. The van der Waals surface area contributed by atoms with Crippen LogP contribution in [0.15, 0.2) is 46.9 Å². The number of hydrogen-bond donors (Lipinski definition) is 1. The molecule has 0 spiro atoms. The number of rotatable bonds is 7. The quantitative estimate of drug-likeness (QED) is 0.579. The molecule has 0 unspecified atom stereocenters. The number of carbonyl (C=O) groups is 1. The van der Waals surface area contributed by atoms with Crippen molar-refractivity contribution in [1.82, 2.24) is 20.1 Å². The Morgan fingerprint density at radius 3 is 2.93 bits per heavy atom. The second kappa shape index (κ2) is 8.20. The lowest BCUT2D eigenvalue weighted by atomic mass is 10.0. The molecule has 3 heterocycles. The van der Waals surface area contributed by atoms with Crippen LogP contribution in [0.2, 0.25) is 0 Å². The zero-order valence-corrected chi connectivity index (χ0v) is 17.5. The molecule has 1 amide bonds. The van der Waals surface area contributed by atoms with E-state index < -0.39 is 0 Å². The van der Waals surface area contributed by atoms with Gasteiger partial charge in [-0.25, -0.2) is 0 Å². The first-order valence-electron chi connectivity index (χ1n) is 9.88. The first-order chi connectivity index (χ1) is 14.3. The maximum atomic E-state index is 12.6. The molecule has 1 atom stereocenters. The molecule has 150 valence electrons. The Balaban J connectivity index is 1.24. The van der Waals surface area contributed by atoms with Gasteiger partial charge >= 0.3 is 0 Å². The SMILES string of the molecule is O=C(CSc1nnc(Cc2cccs2)n1C1CC1)N[C@@H]1CCOc2ccccc21. The number of hydrogen-bond acceptors (Lipinski definition) is 6. The molecule has 3 aromatic rings. The summed E-state index contributed by atoms with van der Waals surface area (Å²) in [7, 11) is 0. The first-order valence-corrected chi connectivity index (χ1v) is 11.7. The predicted octanol–water partition coefficient (Wildman–Crippen LogP) is 4.00. The molecule has 0 radical (unpaired) electrons. The van der Waals surface area contributed by atoms with Gasteiger partial charge in [-0.3, -0.25) is 4.79 Å². The molecule has 1 N–H and O–H groups in total. The molecule has 0 saturated heterocycles.